The molecule has 2 aromatic heterocycles. The van der Waals surface area contributed by atoms with Crippen molar-refractivity contribution in [2.45, 2.75) is 76.7 Å². The summed E-state index contributed by atoms with van der Waals surface area (Å²) in [6.07, 6.45) is -2.81. The largest absolute Gasteiger partial charge is 0.443 e. The lowest BCUT2D eigenvalue weighted by Crippen LogP contribution is -2.51. The fourth-order valence-corrected chi connectivity index (χ4v) is 6.01. The van der Waals surface area contributed by atoms with Crippen LogP contribution in [0.5, 0.6) is 0 Å². The fourth-order valence-electron chi connectivity index (χ4n) is 4.39. The number of piperidine rings is 1. The Bertz CT molecular complexity index is 1420. The lowest BCUT2D eigenvalue weighted by molar-refractivity contribution is -0.137. The number of anilines is 2. The van der Waals surface area contributed by atoms with E-state index in [4.69, 9.17) is 4.74 Å². The molecule has 0 bridgehead atoms. The van der Waals surface area contributed by atoms with E-state index in [9.17, 15) is 36.3 Å². The predicted molar refractivity (Wildman–Crippen MR) is 148 cm³/mol. The van der Waals surface area contributed by atoms with Crippen molar-refractivity contribution in [3.8, 4) is 0 Å². The molecule has 232 valence electrons. The summed E-state index contributed by atoms with van der Waals surface area (Å²) in [6, 6.07) is 2.94. The second-order valence-electron chi connectivity index (χ2n) is 12.0. The molecule has 11 nitrogen and oxygen atoms in total. The fraction of sp³-hybridized carbons (Fsp3) is 0.556. The number of aliphatic hydroxyl groups excluding tert-OH is 1. The van der Waals surface area contributed by atoms with Crippen LogP contribution in [0.4, 0.5) is 29.5 Å². The first-order valence-corrected chi connectivity index (χ1v) is 14.7. The summed E-state index contributed by atoms with van der Waals surface area (Å²) in [5.74, 6) is -1.10. The topological polar surface area (TPSA) is 142 Å². The maximum absolute atomic E-state index is 13.6. The van der Waals surface area contributed by atoms with Crippen molar-refractivity contribution in [3.63, 3.8) is 0 Å². The molecule has 3 heterocycles. The normalized spacial score (nSPS) is 16.6. The number of carbonyl (C=O) groups is 2. The molecule has 0 saturated carbocycles. The maximum atomic E-state index is 13.6. The number of nitrogens with zero attached hydrogens (tertiary/aromatic N) is 4. The molecule has 15 heteroatoms. The molecule has 0 radical (unpaired) electrons. The van der Waals surface area contributed by atoms with Crippen LogP contribution in [0.15, 0.2) is 35.6 Å². The van der Waals surface area contributed by atoms with Crippen LogP contribution in [0.1, 0.15) is 70.3 Å². The number of rotatable bonds is 6. The number of sulfonamides is 1. The molecule has 1 aliphatic rings. The smallest absolute Gasteiger partial charge is 0.424 e. The molecule has 0 spiro atoms. The molecule has 0 aliphatic carbocycles. The number of aliphatic hydroxyl groups is 1. The number of halogens is 3. The Balaban J connectivity index is 2.00. The number of carbonyl (C=O) groups excluding carboxylic acids is 2. The lowest BCUT2D eigenvalue weighted by atomic mass is 9.98. The van der Waals surface area contributed by atoms with Crippen LogP contribution in [0.2, 0.25) is 0 Å². The zero-order chi connectivity index (χ0) is 31.7. The second-order valence-corrected chi connectivity index (χ2v) is 13.7. The quantitative estimate of drug-likeness (QED) is 0.474. The van der Waals surface area contributed by atoms with Crippen LogP contribution in [0, 0.1) is 5.92 Å². The first-order chi connectivity index (χ1) is 19.2. The molecule has 1 unspecified atom stereocenters. The van der Waals surface area contributed by atoms with E-state index in [1.807, 2.05) is 0 Å². The van der Waals surface area contributed by atoms with Gasteiger partial charge in [-0.2, -0.15) is 25.9 Å². The monoisotopic (exact) mass is 615 g/mol. The first-order valence-electron chi connectivity index (χ1n) is 13.2. The van der Waals surface area contributed by atoms with Gasteiger partial charge in [-0.25, -0.2) is 14.8 Å². The molecular formula is C27H36F3N5O6S. The number of pyridine rings is 2. The van der Waals surface area contributed by atoms with Gasteiger partial charge in [0, 0.05) is 43.8 Å². The van der Waals surface area contributed by atoms with Gasteiger partial charge in [0.05, 0.1) is 16.7 Å². The van der Waals surface area contributed by atoms with Crippen molar-refractivity contribution in [3.05, 3.63) is 41.7 Å². The minimum atomic E-state index is -4.77. The summed E-state index contributed by atoms with van der Waals surface area (Å²) in [5, 5.41) is 11.4. The summed E-state index contributed by atoms with van der Waals surface area (Å²) >= 11 is 0. The van der Waals surface area contributed by atoms with Gasteiger partial charge in [0.2, 0.25) is 0 Å². The predicted octanol–water partition coefficient (Wildman–Crippen LogP) is 4.68. The summed E-state index contributed by atoms with van der Waals surface area (Å²) in [6.45, 7) is 9.80. The molecule has 1 aliphatic heterocycles. The van der Waals surface area contributed by atoms with Gasteiger partial charge in [-0.05, 0) is 72.4 Å². The molecule has 2 aromatic rings. The van der Waals surface area contributed by atoms with E-state index < -0.39 is 49.9 Å². The van der Waals surface area contributed by atoms with E-state index in [0.29, 0.717) is 36.1 Å². The maximum Gasteiger partial charge on any atom is 0.424 e. The van der Waals surface area contributed by atoms with Gasteiger partial charge in [0.15, 0.2) is 5.03 Å². The van der Waals surface area contributed by atoms with Crippen molar-refractivity contribution in [1.82, 2.24) is 14.3 Å². The van der Waals surface area contributed by atoms with Gasteiger partial charge in [0.1, 0.15) is 11.4 Å². The van der Waals surface area contributed by atoms with E-state index in [-0.39, 0.29) is 29.6 Å². The minimum Gasteiger partial charge on any atom is -0.443 e. The van der Waals surface area contributed by atoms with Crippen molar-refractivity contribution in [2.24, 2.45) is 5.92 Å². The molecule has 3 rings (SSSR count). The Hall–Kier alpha value is -3.46. The number of amides is 2. The van der Waals surface area contributed by atoms with Crippen LogP contribution in [0.25, 0.3) is 0 Å². The van der Waals surface area contributed by atoms with Crippen LogP contribution < -0.4 is 10.2 Å². The minimum absolute atomic E-state index is 0.00406. The molecule has 2 amide bonds. The molecule has 1 atom stereocenters. The number of nitrogens with one attached hydrogen (secondary N) is 1. The third-order valence-corrected chi connectivity index (χ3v) is 8.11. The molecule has 1 fully saturated rings. The second kappa shape index (κ2) is 12.0. The van der Waals surface area contributed by atoms with E-state index in [2.05, 4.69) is 15.3 Å². The van der Waals surface area contributed by atoms with Gasteiger partial charge >= 0.3 is 12.3 Å². The highest BCUT2D eigenvalue weighted by Crippen LogP contribution is 2.33. The van der Waals surface area contributed by atoms with E-state index >= 15 is 0 Å². The zero-order valence-electron chi connectivity index (χ0n) is 24.3. The number of ether oxygens (including phenoxy) is 1. The Kier molecular flexibility index (Phi) is 9.47. The standard InChI is InChI=1S/C27H36F3N5O6S/c1-25(2,3)35(24(38)41-26(4,5)6)42(39,40)21-13-19(9-10-31-21)33-23(37)20-12-18(27(28,29)30)14-32-22(20)34-11-7-8-17(15-34)16-36/h9-10,12-14,17,36H,7-8,11,15-16H2,1-6H3,(H,31,33,37). The Morgan fingerprint density at radius 3 is 2.38 bits per heavy atom. The molecule has 42 heavy (non-hydrogen) atoms. The van der Waals surface area contributed by atoms with Crippen molar-refractivity contribution in [1.29, 1.82) is 0 Å². The summed E-state index contributed by atoms with van der Waals surface area (Å²) in [7, 11) is -4.61. The van der Waals surface area contributed by atoms with Crippen LogP contribution in [0.3, 0.4) is 0 Å². The summed E-state index contributed by atoms with van der Waals surface area (Å²) < 4.78 is 73.6. The van der Waals surface area contributed by atoms with Crippen molar-refractivity contribution in [2.75, 3.05) is 29.9 Å². The van der Waals surface area contributed by atoms with Crippen LogP contribution in [-0.2, 0) is 20.9 Å². The highest BCUT2D eigenvalue weighted by molar-refractivity contribution is 7.89. The highest BCUT2D eigenvalue weighted by Gasteiger charge is 2.42. The van der Waals surface area contributed by atoms with Crippen LogP contribution >= 0.6 is 0 Å². The Morgan fingerprint density at radius 1 is 1.14 bits per heavy atom. The van der Waals surface area contributed by atoms with Gasteiger partial charge < -0.3 is 20.1 Å². The van der Waals surface area contributed by atoms with Gasteiger partial charge in [-0.15, -0.1) is 0 Å². The van der Waals surface area contributed by atoms with Crippen LogP contribution in [-0.4, -0.2) is 70.6 Å². The average Bonchev–Trinajstić information content (AvgIpc) is 2.85. The molecule has 2 N–H and O–H groups in total. The van der Waals surface area contributed by atoms with E-state index in [1.165, 1.54) is 26.8 Å². The number of alkyl halides is 3. The first kappa shape index (κ1) is 33.0. The molecule has 0 aromatic carbocycles. The summed E-state index contributed by atoms with van der Waals surface area (Å²) in [4.78, 5) is 35.8. The average molecular weight is 616 g/mol. The highest BCUT2D eigenvalue weighted by atomic mass is 32.2. The number of hydrogen-bond donors (Lipinski definition) is 2. The molecule has 1 saturated heterocycles. The lowest BCUT2D eigenvalue weighted by Gasteiger charge is -2.35. The third-order valence-electron chi connectivity index (χ3n) is 6.18. The Labute approximate surface area is 243 Å². The van der Waals surface area contributed by atoms with Gasteiger partial charge in [-0.3, -0.25) is 4.79 Å². The number of aromatic nitrogens is 2. The summed E-state index contributed by atoms with van der Waals surface area (Å²) in [5.41, 5.74) is -3.87. The van der Waals surface area contributed by atoms with Crippen molar-refractivity contribution >= 4 is 33.5 Å². The van der Waals surface area contributed by atoms with E-state index in [0.717, 1.165) is 18.7 Å². The van der Waals surface area contributed by atoms with Gasteiger partial charge in [-0.1, -0.05) is 0 Å². The molecular weight excluding hydrogens is 579 g/mol. The third kappa shape index (κ3) is 7.88. The van der Waals surface area contributed by atoms with E-state index in [1.54, 1.807) is 25.7 Å². The SMILES string of the molecule is CC(C)(C)OC(=O)N(C(C)(C)C)S(=O)(=O)c1cc(NC(=O)c2cc(C(F)(F)F)cnc2N2CCCC(CO)C2)ccn1. The zero-order valence-corrected chi connectivity index (χ0v) is 25.1. The Morgan fingerprint density at radius 2 is 1.81 bits per heavy atom. The van der Waals surface area contributed by atoms with Crippen molar-refractivity contribution < 1.29 is 41.0 Å². The van der Waals surface area contributed by atoms with Gasteiger partial charge in [0.25, 0.3) is 15.9 Å². The number of hydrogen-bond acceptors (Lipinski definition) is 9.